The number of allylic oxidation sites excluding steroid dienone is 4. The van der Waals surface area contributed by atoms with Gasteiger partial charge in [-0.2, -0.15) is 0 Å². The van der Waals surface area contributed by atoms with Crippen molar-refractivity contribution in [3.05, 3.63) is 70.8 Å². The fraction of sp³-hybridized carbons (Fsp3) is 0.571. The van der Waals surface area contributed by atoms with E-state index in [0.717, 1.165) is 31.4 Å². The molecule has 7 heteroatoms. The number of benzene rings is 1. The zero-order valence-corrected chi connectivity index (χ0v) is 26.4. The number of carbonyl (C=O) groups excluding carboxylic acids is 3. The minimum Gasteiger partial charge on any atom is -0.377 e. The first kappa shape index (κ1) is 32.1. The Hall–Kier alpha value is -2.87. The molecule has 2 saturated carbocycles. The average molecular weight is 576 g/mol. The molecule has 4 aliphatic rings. The summed E-state index contributed by atoms with van der Waals surface area (Å²) in [5.41, 5.74) is 8.97. The van der Waals surface area contributed by atoms with Crippen LogP contribution < -0.4 is 16.2 Å². The van der Waals surface area contributed by atoms with Gasteiger partial charge in [0, 0.05) is 30.0 Å². The zero-order valence-electron chi connectivity index (χ0n) is 26.4. The molecule has 0 radical (unpaired) electrons. The van der Waals surface area contributed by atoms with Gasteiger partial charge in [-0.25, -0.2) is 0 Å². The highest BCUT2D eigenvalue weighted by atomic mass is 16.3. The van der Waals surface area contributed by atoms with E-state index < -0.39 is 11.0 Å². The number of nitrogens with one attached hydrogen (secondary N) is 3. The molecule has 1 amide bonds. The highest BCUT2D eigenvalue weighted by molar-refractivity contribution is 5.94. The van der Waals surface area contributed by atoms with E-state index in [1.54, 1.807) is 0 Å². The van der Waals surface area contributed by atoms with E-state index in [4.69, 9.17) is 0 Å². The van der Waals surface area contributed by atoms with Crippen LogP contribution in [0.3, 0.4) is 0 Å². The van der Waals surface area contributed by atoms with Crippen LogP contribution in [0.5, 0.6) is 0 Å². The first-order chi connectivity index (χ1) is 19.7. The lowest BCUT2D eigenvalue weighted by Crippen LogP contribution is -2.57. The maximum Gasteiger partial charge on any atom is 0.251 e. The van der Waals surface area contributed by atoms with E-state index in [1.165, 1.54) is 18.1 Å². The lowest BCUT2D eigenvalue weighted by molar-refractivity contribution is -0.151. The summed E-state index contributed by atoms with van der Waals surface area (Å²) in [6.45, 7) is 16.8. The maximum absolute atomic E-state index is 12.4. The van der Waals surface area contributed by atoms with Crippen molar-refractivity contribution in [2.45, 2.75) is 91.8 Å². The average Bonchev–Trinajstić information content (AvgIpc) is 3.15. The Morgan fingerprint density at radius 1 is 1.12 bits per heavy atom. The molecule has 228 valence electrons. The summed E-state index contributed by atoms with van der Waals surface area (Å²) in [6.07, 6.45) is 8.26. The van der Waals surface area contributed by atoms with Crippen LogP contribution in [-0.2, 0) is 16.1 Å². The molecule has 4 N–H and O–H groups in total. The zero-order chi connectivity index (χ0) is 31.0. The predicted molar refractivity (Wildman–Crippen MR) is 166 cm³/mol. The standard InChI is InChI=1S/C23H30O3.C12H19N3O/c1-13-10-17-18(21(4)8-6-16(25)12-19(13)21)7-9-22(5)20(17)11-14(2)23(22,26)15(3)24;1-9(2)15-12(16)11-6-4-10(5-7-11)8-14-13-3/h10,12,17-18,20,26H,2,6-9,11H2,1,3-5H3;4-7,9,13-14H,8H2,1-3H3,(H,15,16)/t17-,18+,20+,21-,22+,23+;/m1./s1. The Labute approximate surface area is 251 Å². The molecule has 0 saturated heterocycles. The fourth-order valence-electron chi connectivity index (χ4n) is 8.35. The molecule has 0 aromatic heterocycles. The van der Waals surface area contributed by atoms with Gasteiger partial charge >= 0.3 is 0 Å². The third-order valence-electron chi connectivity index (χ3n) is 10.6. The number of Topliss-reactive ketones (excluding diaryl/α,β-unsaturated/α-hetero) is 1. The molecule has 0 heterocycles. The monoisotopic (exact) mass is 575 g/mol. The molecule has 2 fully saturated rings. The summed E-state index contributed by atoms with van der Waals surface area (Å²) in [6, 6.07) is 7.73. The van der Waals surface area contributed by atoms with Gasteiger partial charge in [0.2, 0.25) is 0 Å². The normalized spacial score (nSPS) is 33.4. The number of amides is 1. The predicted octanol–water partition coefficient (Wildman–Crippen LogP) is 5.22. The van der Waals surface area contributed by atoms with Crippen molar-refractivity contribution in [1.29, 1.82) is 0 Å². The van der Waals surface area contributed by atoms with Crippen molar-refractivity contribution < 1.29 is 19.5 Å². The van der Waals surface area contributed by atoms with Crippen LogP contribution >= 0.6 is 0 Å². The van der Waals surface area contributed by atoms with Crippen LogP contribution in [0.25, 0.3) is 0 Å². The molecule has 7 nitrogen and oxygen atoms in total. The van der Waals surface area contributed by atoms with Crippen LogP contribution in [0.15, 0.2) is 59.7 Å². The second kappa shape index (κ2) is 12.0. The van der Waals surface area contributed by atoms with Crippen LogP contribution in [0, 0.1) is 28.6 Å². The first-order valence-electron chi connectivity index (χ1n) is 15.3. The third kappa shape index (κ3) is 5.47. The summed E-state index contributed by atoms with van der Waals surface area (Å²) in [4.78, 5) is 36.1. The number of hydrogen-bond acceptors (Lipinski definition) is 6. The molecule has 0 unspecified atom stereocenters. The highest BCUT2D eigenvalue weighted by Gasteiger charge is 2.66. The van der Waals surface area contributed by atoms with E-state index in [2.05, 4.69) is 49.6 Å². The smallest absolute Gasteiger partial charge is 0.251 e. The summed E-state index contributed by atoms with van der Waals surface area (Å²) >= 11 is 0. The highest BCUT2D eigenvalue weighted by Crippen LogP contribution is 2.68. The molecule has 0 aliphatic heterocycles. The molecule has 4 aliphatic carbocycles. The van der Waals surface area contributed by atoms with Crippen LogP contribution in [0.1, 0.15) is 89.6 Å². The van der Waals surface area contributed by atoms with E-state index in [0.29, 0.717) is 35.8 Å². The lowest BCUT2D eigenvalue weighted by Gasteiger charge is -2.57. The summed E-state index contributed by atoms with van der Waals surface area (Å²) < 4.78 is 0. The van der Waals surface area contributed by atoms with Gasteiger partial charge in [-0.1, -0.05) is 44.2 Å². The van der Waals surface area contributed by atoms with E-state index in [-0.39, 0.29) is 34.8 Å². The molecular weight excluding hydrogens is 526 g/mol. The summed E-state index contributed by atoms with van der Waals surface area (Å²) in [7, 11) is 1.82. The van der Waals surface area contributed by atoms with Gasteiger partial charge < -0.3 is 10.4 Å². The van der Waals surface area contributed by atoms with Crippen molar-refractivity contribution in [2.75, 3.05) is 7.05 Å². The Balaban J connectivity index is 0.000000219. The van der Waals surface area contributed by atoms with Crippen molar-refractivity contribution >= 4 is 17.5 Å². The molecule has 42 heavy (non-hydrogen) atoms. The Bertz CT molecular complexity index is 1310. The minimum atomic E-state index is -1.40. The molecular formula is C35H49N3O4. The third-order valence-corrected chi connectivity index (χ3v) is 10.6. The molecule has 1 aromatic rings. The molecule has 5 rings (SSSR count). The van der Waals surface area contributed by atoms with Gasteiger partial charge in [0.05, 0.1) is 0 Å². The van der Waals surface area contributed by atoms with Gasteiger partial charge in [0.25, 0.3) is 5.91 Å². The minimum absolute atomic E-state index is 0.0248. The number of fused-ring (bicyclic) bond motifs is 5. The number of ketones is 2. The van der Waals surface area contributed by atoms with Crippen LogP contribution in [0.4, 0.5) is 0 Å². The molecule has 6 atom stereocenters. The van der Waals surface area contributed by atoms with Gasteiger partial charge in [-0.3, -0.25) is 25.2 Å². The Morgan fingerprint density at radius 2 is 1.79 bits per heavy atom. The van der Waals surface area contributed by atoms with Crippen molar-refractivity contribution in [2.24, 2.45) is 28.6 Å². The van der Waals surface area contributed by atoms with E-state index >= 15 is 0 Å². The largest absolute Gasteiger partial charge is 0.377 e. The number of hydrazine groups is 1. The second-order valence-electron chi connectivity index (χ2n) is 13.5. The summed E-state index contributed by atoms with van der Waals surface area (Å²) in [5, 5.41) is 14.2. The molecule has 0 bridgehead atoms. The Kier molecular flexibility index (Phi) is 9.17. The van der Waals surface area contributed by atoms with Crippen LogP contribution in [-0.4, -0.2) is 41.3 Å². The Morgan fingerprint density at radius 3 is 2.38 bits per heavy atom. The SMILES string of the molecule is C=C1C[C@H]2[C@@H]3C=C(C)C4=CC(=O)CC[C@]4(C)[C@H]3CC[C@]2(C)[C@@]1(O)C(C)=O.CNNCc1ccc(C(=O)NC(C)C)cc1. The van der Waals surface area contributed by atoms with E-state index in [1.807, 2.05) is 51.2 Å². The number of aliphatic hydroxyl groups is 1. The van der Waals surface area contributed by atoms with Crippen molar-refractivity contribution in [3.63, 3.8) is 0 Å². The van der Waals surface area contributed by atoms with Gasteiger partial charge in [0.15, 0.2) is 11.6 Å². The van der Waals surface area contributed by atoms with Gasteiger partial charge in [0.1, 0.15) is 5.60 Å². The van der Waals surface area contributed by atoms with Crippen molar-refractivity contribution in [3.8, 4) is 0 Å². The number of rotatable bonds is 6. The molecule has 0 spiro atoms. The van der Waals surface area contributed by atoms with Gasteiger partial charge in [-0.15, -0.1) is 0 Å². The van der Waals surface area contributed by atoms with Gasteiger partial charge in [-0.05, 0) is 119 Å². The number of carbonyl (C=O) groups is 3. The summed E-state index contributed by atoms with van der Waals surface area (Å²) in [5.74, 6) is 1.07. The van der Waals surface area contributed by atoms with Crippen molar-refractivity contribution in [1.82, 2.24) is 16.2 Å². The first-order valence-corrected chi connectivity index (χ1v) is 15.3. The van der Waals surface area contributed by atoms with E-state index in [9.17, 15) is 19.5 Å². The fourth-order valence-corrected chi connectivity index (χ4v) is 8.35. The molecule has 1 aromatic carbocycles. The number of hydrogen-bond donors (Lipinski definition) is 4. The lowest BCUT2D eigenvalue weighted by atomic mass is 9.47. The second-order valence-corrected chi connectivity index (χ2v) is 13.5. The maximum atomic E-state index is 12.4. The topological polar surface area (TPSA) is 108 Å². The quantitative estimate of drug-likeness (QED) is 0.274. The van der Waals surface area contributed by atoms with Crippen LogP contribution in [0.2, 0.25) is 0 Å².